The molecule has 2 aromatic carbocycles. The Kier molecular flexibility index (Phi) is 5.63. The van der Waals surface area contributed by atoms with E-state index in [2.05, 4.69) is 15.0 Å². The first-order valence-electron chi connectivity index (χ1n) is 12.5. The fourth-order valence-corrected chi connectivity index (χ4v) is 5.77. The van der Waals surface area contributed by atoms with Crippen LogP contribution in [0.4, 0.5) is 0 Å². The van der Waals surface area contributed by atoms with Crippen LogP contribution in [-0.4, -0.2) is 70.1 Å². The molecule has 2 aromatic heterocycles. The standard InChI is InChI=1S/C28H30N4O4S/c1-27(33)12-13-31(18-27)19-28(10-11-28)36-23-8-6-20(7-9-23)22-15-29-26-25(16-30-32(26)17-22)21-4-3-5-24(14-21)37(2,34)35/h3-9,14-17,33H,10-13,18-19H2,1-2H3/t27-/m1/s1. The molecule has 2 aliphatic rings. The molecule has 1 aliphatic carbocycles. The van der Waals surface area contributed by atoms with Gasteiger partial charge in [-0.3, -0.25) is 4.90 Å². The van der Waals surface area contributed by atoms with Crippen LogP contribution in [0.5, 0.6) is 5.75 Å². The Balaban J connectivity index is 1.19. The molecule has 4 aromatic rings. The van der Waals surface area contributed by atoms with Gasteiger partial charge in [0.15, 0.2) is 15.5 Å². The fraction of sp³-hybridized carbons (Fsp3) is 0.357. The molecule has 6 rings (SSSR count). The molecule has 0 amide bonds. The molecule has 1 saturated carbocycles. The molecule has 0 unspecified atom stereocenters. The van der Waals surface area contributed by atoms with Gasteiger partial charge < -0.3 is 9.84 Å². The van der Waals surface area contributed by atoms with Crippen molar-refractivity contribution in [1.82, 2.24) is 19.5 Å². The van der Waals surface area contributed by atoms with Crippen molar-refractivity contribution in [2.45, 2.75) is 42.3 Å². The maximum absolute atomic E-state index is 12.0. The number of hydrogen-bond acceptors (Lipinski definition) is 7. The van der Waals surface area contributed by atoms with Gasteiger partial charge in [-0.05, 0) is 61.6 Å². The summed E-state index contributed by atoms with van der Waals surface area (Å²) >= 11 is 0. The summed E-state index contributed by atoms with van der Waals surface area (Å²) in [6.07, 6.45) is 9.50. The number of benzene rings is 2. The Labute approximate surface area is 216 Å². The van der Waals surface area contributed by atoms with Crippen LogP contribution < -0.4 is 4.74 Å². The third-order valence-electron chi connectivity index (χ3n) is 7.30. The highest BCUT2D eigenvalue weighted by molar-refractivity contribution is 7.90. The average molecular weight is 519 g/mol. The number of hydrogen-bond donors (Lipinski definition) is 1. The lowest BCUT2D eigenvalue weighted by atomic mass is 10.1. The monoisotopic (exact) mass is 518 g/mol. The molecule has 3 heterocycles. The Morgan fingerprint density at radius 1 is 1.03 bits per heavy atom. The highest BCUT2D eigenvalue weighted by atomic mass is 32.2. The molecule has 192 valence electrons. The predicted molar refractivity (Wildman–Crippen MR) is 141 cm³/mol. The minimum absolute atomic E-state index is 0.151. The summed E-state index contributed by atoms with van der Waals surface area (Å²) in [5.74, 6) is 0.841. The van der Waals surface area contributed by atoms with E-state index in [1.807, 2.05) is 43.5 Å². The van der Waals surface area contributed by atoms with E-state index in [1.165, 1.54) is 6.26 Å². The van der Waals surface area contributed by atoms with Crippen molar-refractivity contribution in [3.8, 4) is 28.0 Å². The normalized spacial score (nSPS) is 21.4. The van der Waals surface area contributed by atoms with Crippen LogP contribution in [0.15, 0.2) is 72.0 Å². The van der Waals surface area contributed by atoms with Crippen molar-refractivity contribution >= 4 is 15.5 Å². The number of β-amino-alcohol motifs (C(OH)–C–C–N with tert-alkyl or cyclic N) is 1. The highest BCUT2D eigenvalue weighted by Gasteiger charge is 2.48. The summed E-state index contributed by atoms with van der Waals surface area (Å²) in [5.41, 5.74) is 3.36. The molecular weight excluding hydrogens is 488 g/mol. The molecule has 1 atom stereocenters. The Bertz CT molecular complexity index is 1570. The molecule has 0 bridgehead atoms. The number of likely N-dealkylation sites (tertiary alicyclic amines) is 1. The van der Waals surface area contributed by atoms with Gasteiger partial charge in [-0.15, -0.1) is 0 Å². The van der Waals surface area contributed by atoms with Crippen molar-refractivity contribution in [1.29, 1.82) is 0 Å². The first-order chi connectivity index (χ1) is 17.6. The zero-order chi connectivity index (χ0) is 25.8. The van der Waals surface area contributed by atoms with Gasteiger partial charge in [-0.1, -0.05) is 24.3 Å². The van der Waals surface area contributed by atoms with Gasteiger partial charge in [-0.25, -0.2) is 17.9 Å². The third kappa shape index (κ3) is 4.99. The topological polar surface area (TPSA) is 97.0 Å². The van der Waals surface area contributed by atoms with E-state index >= 15 is 0 Å². The van der Waals surface area contributed by atoms with Gasteiger partial charge in [0.1, 0.15) is 11.4 Å². The number of sulfone groups is 1. The van der Waals surface area contributed by atoms with Crippen LogP contribution in [0.2, 0.25) is 0 Å². The number of fused-ring (bicyclic) bond motifs is 1. The van der Waals surface area contributed by atoms with Crippen LogP contribution >= 0.6 is 0 Å². The van der Waals surface area contributed by atoms with E-state index in [0.717, 1.165) is 60.4 Å². The van der Waals surface area contributed by atoms with Crippen LogP contribution in [0.3, 0.4) is 0 Å². The molecule has 2 fully saturated rings. The number of aromatic nitrogens is 3. The molecule has 0 radical (unpaired) electrons. The van der Waals surface area contributed by atoms with Gasteiger partial charge in [0, 0.05) is 49.4 Å². The number of rotatable bonds is 7. The molecule has 37 heavy (non-hydrogen) atoms. The zero-order valence-corrected chi connectivity index (χ0v) is 21.8. The minimum atomic E-state index is -3.30. The van der Waals surface area contributed by atoms with Crippen LogP contribution in [-0.2, 0) is 9.84 Å². The van der Waals surface area contributed by atoms with Gasteiger partial charge in [0.05, 0.1) is 16.7 Å². The summed E-state index contributed by atoms with van der Waals surface area (Å²) in [5, 5.41) is 14.7. The lowest BCUT2D eigenvalue weighted by Crippen LogP contribution is -2.38. The van der Waals surface area contributed by atoms with Gasteiger partial charge >= 0.3 is 0 Å². The second kappa shape index (κ2) is 8.65. The molecular formula is C28H30N4O4S. The molecule has 9 heteroatoms. The second-order valence-corrected chi connectivity index (χ2v) is 12.8. The molecule has 1 N–H and O–H groups in total. The maximum atomic E-state index is 12.0. The number of aliphatic hydroxyl groups is 1. The quantitative estimate of drug-likeness (QED) is 0.397. The molecule has 1 aliphatic heterocycles. The average Bonchev–Trinajstić information content (AvgIpc) is 3.32. The highest BCUT2D eigenvalue weighted by Crippen LogP contribution is 2.42. The molecule has 8 nitrogen and oxygen atoms in total. The van der Waals surface area contributed by atoms with E-state index in [1.54, 1.807) is 35.1 Å². The largest absolute Gasteiger partial charge is 0.486 e. The fourth-order valence-electron chi connectivity index (χ4n) is 5.10. The SMILES string of the molecule is C[C@@]1(O)CCN(CC2(Oc3ccc(-c4cnc5c(-c6cccc(S(C)(=O)=O)c6)cnn5c4)cc3)CC2)C1. The maximum Gasteiger partial charge on any atom is 0.175 e. The van der Waals surface area contributed by atoms with Gasteiger partial charge in [0.25, 0.3) is 0 Å². The predicted octanol–water partition coefficient (Wildman–Crippen LogP) is 3.83. The first-order valence-corrected chi connectivity index (χ1v) is 14.4. The molecule has 1 saturated heterocycles. The lowest BCUT2D eigenvalue weighted by Gasteiger charge is -2.25. The Hall–Kier alpha value is -3.27. The van der Waals surface area contributed by atoms with Crippen molar-refractivity contribution in [3.63, 3.8) is 0 Å². The number of nitrogens with zero attached hydrogens (tertiary/aromatic N) is 4. The van der Waals surface area contributed by atoms with E-state index in [9.17, 15) is 13.5 Å². The first kappa shape index (κ1) is 24.1. The van der Waals surface area contributed by atoms with Crippen molar-refractivity contribution in [2.24, 2.45) is 0 Å². The van der Waals surface area contributed by atoms with E-state index in [-0.39, 0.29) is 10.5 Å². The van der Waals surface area contributed by atoms with Crippen molar-refractivity contribution in [2.75, 3.05) is 25.9 Å². The van der Waals surface area contributed by atoms with Crippen LogP contribution in [0.25, 0.3) is 27.9 Å². The van der Waals surface area contributed by atoms with Gasteiger partial charge in [-0.2, -0.15) is 5.10 Å². The van der Waals surface area contributed by atoms with E-state index < -0.39 is 15.4 Å². The Morgan fingerprint density at radius 3 is 2.49 bits per heavy atom. The van der Waals surface area contributed by atoms with Crippen LogP contribution in [0.1, 0.15) is 26.2 Å². The summed E-state index contributed by atoms with van der Waals surface area (Å²) < 4.78 is 32.0. The molecule has 0 spiro atoms. The van der Waals surface area contributed by atoms with E-state index in [4.69, 9.17) is 4.74 Å². The summed E-state index contributed by atoms with van der Waals surface area (Å²) in [6, 6.07) is 14.9. The van der Waals surface area contributed by atoms with Gasteiger partial charge in [0.2, 0.25) is 0 Å². The lowest BCUT2D eigenvalue weighted by molar-refractivity contribution is 0.0580. The minimum Gasteiger partial charge on any atom is -0.486 e. The smallest absolute Gasteiger partial charge is 0.175 e. The summed E-state index contributed by atoms with van der Waals surface area (Å²) in [6.45, 7) is 4.36. The van der Waals surface area contributed by atoms with Crippen molar-refractivity contribution < 1.29 is 18.3 Å². The second-order valence-electron chi connectivity index (χ2n) is 10.7. The summed E-state index contributed by atoms with van der Waals surface area (Å²) in [4.78, 5) is 7.21. The van der Waals surface area contributed by atoms with Crippen molar-refractivity contribution in [3.05, 3.63) is 67.1 Å². The third-order valence-corrected chi connectivity index (χ3v) is 8.41. The zero-order valence-electron chi connectivity index (χ0n) is 21.0. The van der Waals surface area contributed by atoms with Crippen LogP contribution in [0, 0.1) is 0 Å². The Morgan fingerprint density at radius 2 is 1.81 bits per heavy atom. The van der Waals surface area contributed by atoms with E-state index in [0.29, 0.717) is 12.2 Å². The summed E-state index contributed by atoms with van der Waals surface area (Å²) in [7, 11) is -3.30. The number of ether oxygens (including phenoxy) is 1.